The van der Waals surface area contributed by atoms with Crippen molar-refractivity contribution in [3.8, 4) is 0 Å². The lowest BCUT2D eigenvalue weighted by atomic mass is 9.97. The first-order valence-electron chi connectivity index (χ1n) is 9.81. The number of anilines is 1. The van der Waals surface area contributed by atoms with Crippen LogP contribution in [-0.2, 0) is 19.6 Å². The highest BCUT2D eigenvalue weighted by Crippen LogP contribution is 2.27. The van der Waals surface area contributed by atoms with Gasteiger partial charge in [0.15, 0.2) is 6.10 Å². The van der Waals surface area contributed by atoms with Crippen LogP contribution >= 0.6 is 11.6 Å². The van der Waals surface area contributed by atoms with Crippen molar-refractivity contribution >= 4 is 39.2 Å². The molecule has 0 radical (unpaired) electrons. The van der Waals surface area contributed by atoms with E-state index in [9.17, 15) is 18.0 Å². The number of nitrogens with one attached hydrogen (secondary N) is 1. The van der Waals surface area contributed by atoms with Crippen LogP contribution in [0.2, 0.25) is 5.02 Å². The number of nitrogens with zero attached hydrogens (tertiary/aromatic N) is 1. The maximum absolute atomic E-state index is 12.6. The minimum Gasteiger partial charge on any atom is -0.449 e. The Labute approximate surface area is 188 Å². The van der Waals surface area contributed by atoms with Gasteiger partial charge in [0.2, 0.25) is 10.0 Å². The summed E-state index contributed by atoms with van der Waals surface area (Å²) in [5, 5.41) is 2.79. The molecule has 2 aromatic carbocycles. The van der Waals surface area contributed by atoms with Crippen LogP contribution in [0.15, 0.2) is 47.4 Å². The average Bonchev–Trinajstić information content (AvgIpc) is 2.73. The smallest absolute Gasteiger partial charge is 0.338 e. The van der Waals surface area contributed by atoms with Crippen LogP contribution in [0.5, 0.6) is 0 Å². The molecule has 2 rings (SSSR count). The number of ether oxygens (including phenoxy) is 1. The van der Waals surface area contributed by atoms with Gasteiger partial charge in [-0.05, 0) is 49.1 Å². The summed E-state index contributed by atoms with van der Waals surface area (Å²) in [7, 11) is -1.13. The van der Waals surface area contributed by atoms with E-state index >= 15 is 0 Å². The Bertz CT molecular complexity index is 1070. The number of benzene rings is 2. The van der Waals surface area contributed by atoms with Crippen LogP contribution in [0.1, 0.15) is 49.0 Å². The van der Waals surface area contributed by atoms with Crippen LogP contribution in [0.3, 0.4) is 0 Å². The third-order valence-corrected chi connectivity index (χ3v) is 7.24. The van der Waals surface area contributed by atoms with Gasteiger partial charge in [0.25, 0.3) is 5.91 Å². The van der Waals surface area contributed by atoms with Crippen molar-refractivity contribution in [3.05, 3.63) is 58.6 Å². The van der Waals surface area contributed by atoms with Gasteiger partial charge < -0.3 is 10.1 Å². The number of hydrogen-bond acceptors (Lipinski definition) is 5. The molecule has 0 aliphatic rings. The van der Waals surface area contributed by atoms with Gasteiger partial charge in [-0.3, -0.25) is 4.79 Å². The van der Waals surface area contributed by atoms with Crippen LogP contribution in [0, 0.1) is 0 Å². The Morgan fingerprint density at radius 1 is 1.13 bits per heavy atom. The van der Waals surface area contributed by atoms with E-state index in [0.29, 0.717) is 5.69 Å². The lowest BCUT2D eigenvalue weighted by Gasteiger charge is -2.18. The van der Waals surface area contributed by atoms with E-state index in [1.165, 1.54) is 33.2 Å². The second kappa shape index (κ2) is 10.3. The predicted octanol–water partition coefficient (Wildman–Crippen LogP) is 4.29. The first kappa shape index (κ1) is 24.8. The molecule has 2 aromatic rings. The monoisotopic (exact) mass is 466 g/mol. The van der Waals surface area contributed by atoms with E-state index < -0.39 is 28.0 Å². The topological polar surface area (TPSA) is 92.8 Å². The molecule has 7 nitrogen and oxygen atoms in total. The summed E-state index contributed by atoms with van der Waals surface area (Å²) in [5.74, 6) is -1.07. The highest BCUT2D eigenvalue weighted by Gasteiger charge is 2.25. The molecule has 0 fully saturated rings. The van der Waals surface area contributed by atoms with Gasteiger partial charge in [0.05, 0.1) is 10.6 Å². The number of sulfonamides is 1. The third-order valence-electron chi connectivity index (χ3n) is 4.94. The second-order valence-electron chi connectivity index (χ2n) is 7.37. The fourth-order valence-corrected chi connectivity index (χ4v) is 4.20. The minimum absolute atomic E-state index is 0.0160. The molecule has 0 bridgehead atoms. The number of halogens is 1. The van der Waals surface area contributed by atoms with Crippen molar-refractivity contribution in [2.45, 2.75) is 44.1 Å². The summed E-state index contributed by atoms with van der Waals surface area (Å²) < 4.78 is 31.1. The number of carbonyl (C=O) groups excluding carboxylic acids is 2. The first-order valence-corrected chi connectivity index (χ1v) is 11.6. The average molecular weight is 467 g/mol. The molecule has 0 saturated heterocycles. The molecule has 2 unspecified atom stereocenters. The Balaban J connectivity index is 2.17. The van der Waals surface area contributed by atoms with Crippen LogP contribution in [0.4, 0.5) is 5.69 Å². The summed E-state index contributed by atoms with van der Waals surface area (Å²) in [6, 6.07) is 11.3. The maximum atomic E-state index is 12.6. The van der Waals surface area contributed by atoms with E-state index in [1.54, 1.807) is 6.07 Å². The van der Waals surface area contributed by atoms with Gasteiger partial charge in [0.1, 0.15) is 4.90 Å². The van der Waals surface area contributed by atoms with Gasteiger partial charge in [-0.25, -0.2) is 17.5 Å². The van der Waals surface area contributed by atoms with Gasteiger partial charge >= 0.3 is 5.97 Å². The molecule has 9 heteroatoms. The van der Waals surface area contributed by atoms with Crippen LogP contribution in [-0.4, -0.2) is 44.8 Å². The number of para-hydroxylation sites is 1. The normalized spacial score (nSPS) is 13.5. The summed E-state index contributed by atoms with van der Waals surface area (Å²) in [6.07, 6.45) is -0.186. The largest absolute Gasteiger partial charge is 0.449 e. The van der Waals surface area contributed by atoms with Crippen LogP contribution in [0.25, 0.3) is 0 Å². The molecule has 168 valence electrons. The van der Waals surface area contributed by atoms with Gasteiger partial charge in [-0.1, -0.05) is 43.6 Å². The summed E-state index contributed by atoms with van der Waals surface area (Å²) in [5.41, 5.74) is 1.63. The molecule has 0 heterocycles. The van der Waals surface area contributed by atoms with E-state index in [0.717, 1.165) is 22.4 Å². The van der Waals surface area contributed by atoms with E-state index in [1.807, 2.05) is 18.2 Å². The first-order chi connectivity index (χ1) is 14.5. The Morgan fingerprint density at radius 3 is 2.39 bits per heavy atom. The molecule has 31 heavy (non-hydrogen) atoms. The van der Waals surface area contributed by atoms with Crippen molar-refractivity contribution in [2.24, 2.45) is 0 Å². The lowest BCUT2D eigenvalue weighted by molar-refractivity contribution is -0.123. The predicted molar refractivity (Wildman–Crippen MR) is 121 cm³/mol. The molecule has 0 spiro atoms. The van der Waals surface area contributed by atoms with Gasteiger partial charge in [-0.2, -0.15) is 0 Å². The van der Waals surface area contributed by atoms with Gasteiger partial charge in [0, 0.05) is 19.8 Å². The van der Waals surface area contributed by atoms with Crippen LogP contribution < -0.4 is 5.32 Å². The summed E-state index contributed by atoms with van der Waals surface area (Å²) in [4.78, 5) is 24.9. The zero-order chi connectivity index (χ0) is 23.3. The Morgan fingerprint density at radius 2 is 1.77 bits per heavy atom. The third kappa shape index (κ3) is 5.84. The molecule has 0 aliphatic carbocycles. The Kier molecular flexibility index (Phi) is 8.22. The number of amides is 1. The summed E-state index contributed by atoms with van der Waals surface area (Å²) >= 11 is 6.01. The van der Waals surface area contributed by atoms with Crippen molar-refractivity contribution in [3.63, 3.8) is 0 Å². The highest BCUT2D eigenvalue weighted by atomic mass is 35.5. The van der Waals surface area contributed by atoms with Crippen molar-refractivity contribution in [2.75, 3.05) is 19.4 Å². The molecular weight excluding hydrogens is 440 g/mol. The molecular formula is C22H27ClN2O5S. The fourth-order valence-electron chi connectivity index (χ4n) is 2.80. The molecule has 0 aliphatic heterocycles. The van der Waals surface area contributed by atoms with E-state index in [4.69, 9.17) is 16.3 Å². The molecule has 1 N–H and O–H groups in total. The quantitative estimate of drug-likeness (QED) is 0.586. The van der Waals surface area contributed by atoms with E-state index in [-0.39, 0.29) is 21.4 Å². The maximum Gasteiger partial charge on any atom is 0.338 e. The highest BCUT2D eigenvalue weighted by molar-refractivity contribution is 7.89. The fraction of sp³-hybridized carbons (Fsp3) is 0.364. The zero-order valence-electron chi connectivity index (χ0n) is 18.2. The van der Waals surface area contributed by atoms with Crippen molar-refractivity contribution in [1.29, 1.82) is 0 Å². The lowest BCUT2D eigenvalue weighted by Crippen LogP contribution is -2.30. The molecule has 1 amide bonds. The molecule has 2 atom stereocenters. The minimum atomic E-state index is -3.85. The number of carbonyl (C=O) groups is 2. The number of esters is 1. The number of rotatable bonds is 8. The van der Waals surface area contributed by atoms with Crippen molar-refractivity contribution in [1.82, 2.24) is 4.31 Å². The summed E-state index contributed by atoms with van der Waals surface area (Å²) in [6.45, 7) is 5.57. The number of hydrogen-bond donors (Lipinski definition) is 1. The van der Waals surface area contributed by atoms with Crippen molar-refractivity contribution < 1.29 is 22.7 Å². The van der Waals surface area contributed by atoms with Gasteiger partial charge in [-0.15, -0.1) is 0 Å². The second-order valence-corrected chi connectivity index (χ2v) is 9.89. The SMILES string of the molecule is CCC(C)c1ccccc1NC(=O)C(C)OC(=O)c1ccc(Cl)c(S(=O)(=O)N(C)C)c1. The molecule has 0 aromatic heterocycles. The zero-order valence-corrected chi connectivity index (χ0v) is 19.8. The molecule has 0 saturated carbocycles. The standard InChI is InChI=1S/C22H27ClN2O5S/c1-6-14(2)17-9-7-8-10-19(17)24-21(26)15(3)30-22(27)16-11-12-18(23)20(13-16)31(28,29)25(4)5/h7-15H,6H2,1-5H3,(H,24,26). The van der Waals surface area contributed by atoms with E-state index in [2.05, 4.69) is 19.2 Å². The Hall–Kier alpha value is -2.42.